The van der Waals surface area contributed by atoms with Gasteiger partial charge in [0.1, 0.15) is 6.79 Å². The first kappa shape index (κ1) is 18.3. The molecule has 0 saturated heterocycles. The van der Waals surface area contributed by atoms with Crippen molar-refractivity contribution in [1.82, 2.24) is 0 Å². The minimum absolute atomic E-state index is 0.210. The van der Waals surface area contributed by atoms with Gasteiger partial charge in [0.2, 0.25) is 5.78 Å². The summed E-state index contributed by atoms with van der Waals surface area (Å²) in [6.45, 7) is -2.33. The van der Waals surface area contributed by atoms with E-state index in [0.717, 1.165) is 0 Å². The maximum absolute atomic E-state index is 13.0. The zero-order chi connectivity index (χ0) is 17.6. The second-order valence-electron chi connectivity index (χ2n) is 5.21. The minimum atomic E-state index is -1.88. The number of carbonyl (C=O) groups is 1. The van der Waals surface area contributed by atoms with E-state index in [4.69, 9.17) is 4.74 Å². The van der Waals surface area contributed by atoms with Crippen LogP contribution in [0.1, 0.15) is 27.0 Å². The lowest BCUT2D eigenvalue weighted by Crippen LogP contribution is -2.44. The van der Waals surface area contributed by atoms with Gasteiger partial charge in [-0.2, -0.15) is 0 Å². The number of rotatable bonds is 8. The summed E-state index contributed by atoms with van der Waals surface area (Å²) < 4.78 is 5.29. The highest BCUT2D eigenvalue weighted by atomic mass is 16.6. The highest BCUT2D eigenvalue weighted by Crippen LogP contribution is 2.34. The number of aliphatic hydroxyl groups is 4. The molecule has 6 heteroatoms. The molecule has 1 unspecified atom stereocenters. The Balaban J connectivity index is 2.67. The van der Waals surface area contributed by atoms with Crippen LogP contribution in [0.5, 0.6) is 0 Å². The van der Waals surface area contributed by atoms with Crippen molar-refractivity contribution < 1.29 is 30.0 Å². The predicted octanol–water partition coefficient (Wildman–Crippen LogP) is 0.708. The Morgan fingerprint density at radius 2 is 1.62 bits per heavy atom. The van der Waals surface area contributed by atoms with Crippen LogP contribution < -0.4 is 0 Å². The molecule has 0 bridgehead atoms. The first-order valence-electron chi connectivity index (χ1n) is 7.43. The number of hydrogen-bond acceptors (Lipinski definition) is 6. The second-order valence-corrected chi connectivity index (χ2v) is 5.21. The van der Waals surface area contributed by atoms with Crippen LogP contribution in [0.4, 0.5) is 0 Å². The standard InChI is InChI=1S/C18H20O6/c19-9-14-7-4-8-16(15(14)10-20)18(11-21,24-12-22)17(23)13-5-2-1-3-6-13/h1-8,19-22H,9-12H2. The molecular weight excluding hydrogens is 312 g/mol. The molecule has 0 amide bonds. The molecule has 0 radical (unpaired) electrons. The first-order chi connectivity index (χ1) is 11.6. The van der Waals surface area contributed by atoms with E-state index in [0.29, 0.717) is 11.1 Å². The van der Waals surface area contributed by atoms with Crippen LogP contribution in [-0.2, 0) is 23.6 Å². The van der Waals surface area contributed by atoms with Crippen molar-refractivity contribution in [2.75, 3.05) is 13.4 Å². The van der Waals surface area contributed by atoms with Crippen LogP contribution in [0.15, 0.2) is 48.5 Å². The number of Topliss-reactive ketones (excluding diaryl/α,β-unsaturated/α-hetero) is 1. The first-order valence-corrected chi connectivity index (χ1v) is 7.43. The van der Waals surface area contributed by atoms with Gasteiger partial charge in [-0.15, -0.1) is 0 Å². The summed E-state index contributed by atoms with van der Waals surface area (Å²) in [4.78, 5) is 13.0. The molecule has 1 atom stereocenters. The third kappa shape index (κ3) is 3.24. The molecule has 0 aliphatic heterocycles. The molecule has 6 nitrogen and oxygen atoms in total. The lowest BCUT2D eigenvalue weighted by atomic mass is 9.82. The third-order valence-electron chi connectivity index (χ3n) is 3.97. The summed E-state index contributed by atoms with van der Waals surface area (Å²) in [5, 5.41) is 38.4. The van der Waals surface area contributed by atoms with Gasteiger partial charge in [-0.25, -0.2) is 0 Å². The number of hydrogen-bond donors (Lipinski definition) is 4. The molecule has 0 saturated carbocycles. The molecule has 0 aromatic heterocycles. The predicted molar refractivity (Wildman–Crippen MR) is 86.0 cm³/mol. The van der Waals surface area contributed by atoms with Gasteiger partial charge < -0.3 is 25.2 Å². The second kappa shape index (κ2) is 8.14. The Kier molecular flexibility index (Phi) is 6.19. The van der Waals surface area contributed by atoms with Crippen molar-refractivity contribution in [1.29, 1.82) is 0 Å². The zero-order valence-corrected chi connectivity index (χ0v) is 13.1. The molecule has 0 spiro atoms. The van der Waals surface area contributed by atoms with Gasteiger partial charge in [-0.1, -0.05) is 48.5 Å². The number of ketones is 1. The highest BCUT2D eigenvalue weighted by molar-refractivity contribution is 6.03. The van der Waals surface area contributed by atoms with Gasteiger partial charge in [-0.05, 0) is 16.7 Å². The van der Waals surface area contributed by atoms with Crippen LogP contribution in [0.25, 0.3) is 0 Å². The molecular formula is C18H20O6. The van der Waals surface area contributed by atoms with Crippen molar-refractivity contribution in [3.8, 4) is 0 Å². The number of aliphatic hydroxyl groups excluding tert-OH is 4. The molecule has 0 aliphatic carbocycles. The van der Waals surface area contributed by atoms with Crippen LogP contribution >= 0.6 is 0 Å². The summed E-state index contributed by atoms with van der Waals surface area (Å²) in [6.07, 6.45) is 0. The van der Waals surface area contributed by atoms with E-state index in [1.807, 2.05) is 0 Å². The van der Waals surface area contributed by atoms with Crippen LogP contribution in [0, 0.1) is 0 Å². The number of benzene rings is 2. The summed E-state index contributed by atoms with van der Waals surface area (Å²) in [7, 11) is 0. The fraction of sp³-hybridized carbons (Fsp3) is 0.278. The molecule has 0 fully saturated rings. The Hall–Kier alpha value is -2.09. The van der Waals surface area contributed by atoms with Gasteiger partial charge in [0, 0.05) is 5.56 Å². The Labute approximate surface area is 139 Å². The molecule has 2 aromatic carbocycles. The van der Waals surface area contributed by atoms with E-state index >= 15 is 0 Å². The Morgan fingerprint density at radius 3 is 2.17 bits per heavy atom. The molecule has 4 N–H and O–H groups in total. The molecule has 0 heterocycles. The summed E-state index contributed by atoms with van der Waals surface area (Å²) in [5.41, 5.74) is -0.679. The van der Waals surface area contributed by atoms with Gasteiger partial charge in [0.05, 0.1) is 19.8 Å². The normalized spacial score (nSPS) is 13.5. The summed E-state index contributed by atoms with van der Waals surface area (Å²) >= 11 is 0. The minimum Gasteiger partial charge on any atom is -0.392 e. The Bertz CT molecular complexity index is 685. The maximum Gasteiger partial charge on any atom is 0.201 e. The fourth-order valence-electron chi connectivity index (χ4n) is 2.75. The quantitative estimate of drug-likeness (QED) is 0.419. The average Bonchev–Trinajstić information content (AvgIpc) is 2.65. The number of carbonyl (C=O) groups excluding carboxylic acids is 1. The average molecular weight is 332 g/mol. The van der Waals surface area contributed by atoms with Crippen LogP contribution in [-0.4, -0.2) is 39.6 Å². The molecule has 128 valence electrons. The number of ether oxygens (including phenoxy) is 1. The summed E-state index contributed by atoms with van der Waals surface area (Å²) in [6, 6.07) is 12.9. The fourth-order valence-corrected chi connectivity index (χ4v) is 2.75. The lowest BCUT2D eigenvalue weighted by Gasteiger charge is -2.32. The smallest absolute Gasteiger partial charge is 0.201 e. The van der Waals surface area contributed by atoms with Crippen molar-refractivity contribution in [2.45, 2.75) is 18.8 Å². The maximum atomic E-state index is 13.0. The molecule has 0 aliphatic rings. The van der Waals surface area contributed by atoms with Crippen molar-refractivity contribution in [3.63, 3.8) is 0 Å². The third-order valence-corrected chi connectivity index (χ3v) is 3.97. The Morgan fingerprint density at radius 1 is 0.917 bits per heavy atom. The van der Waals surface area contributed by atoms with Gasteiger partial charge in [0.25, 0.3) is 0 Å². The van der Waals surface area contributed by atoms with E-state index in [-0.39, 0.29) is 17.7 Å². The van der Waals surface area contributed by atoms with Crippen LogP contribution in [0.2, 0.25) is 0 Å². The van der Waals surface area contributed by atoms with E-state index in [1.165, 1.54) is 6.07 Å². The zero-order valence-electron chi connectivity index (χ0n) is 13.1. The van der Waals surface area contributed by atoms with Gasteiger partial charge in [-0.3, -0.25) is 4.79 Å². The van der Waals surface area contributed by atoms with Crippen molar-refractivity contribution >= 4 is 5.78 Å². The highest BCUT2D eigenvalue weighted by Gasteiger charge is 2.43. The van der Waals surface area contributed by atoms with E-state index in [2.05, 4.69) is 0 Å². The molecule has 24 heavy (non-hydrogen) atoms. The molecule has 2 aromatic rings. The van der Waals surface area contributed by atoms with Gasteiger partial charge in [0.15, 0.2) is 5.60 Å². The van der Waals surface area contributed by atoms with Crippen molar-refractivity contribution in [3.05, 3.63) is 70.8 Å². The lowest BCUT2D eigenvalue weighted by molar-refractivity contribution is -0.119. The van der Waals surface area contributed by atoms with E-state index < -0.39 is 31.4 Å². The monoisotopic (exact) mass is 332 g/mol. The van der Waals surface area contributed by atoms with Crippen LogP contribution in [0.3, 0.4) is 0 Å². The SMILES string of the molecule is O=C(c1ccccc1)C(CO)(OCO)c1cccc(CO)c1CO. The summed E-state index contributed by atoms with van der Waals surface area (Å²) in [5.74, 6) is -0.551. The van der Waals surface area contributed by atoms with Crippen molar-refractivity contribution in [2.24, 2.45) is 0 Å². The van der Waals surface area contributed by atoms with E-state index in [1.54, 1.807) is 42.5 Å². The topological polar surface area (TPSA) is 107 Å². The van der Waals surface area contributed by atoms with Gasteiger partial charge >= 0.3 is 0 Å². The largest absolute Gasteiger partial charge is 0.392 e. The molecule has 2 rings (SSSR count). The van der Waals surface area contributed by atoms with E-state index in [9.17, 15) is 25.2 Å².